The molecule has 101 heavy (non-hydrogen) atoms. The summed E-state index contributed by atoms with van der Waals surface area (Å²) in [6.07, 6.45) is 0. The predicted molar refractivity (Wildman–Crippen MR) is 432 cm³/mol. The second-order valence-corrected chi connectivity index (χ2v) is 34.5. The van der Waals surface area contributed by atoms with Crippen LogP contribution in [-0.2, 0) is 32.5 Å². The van der Waals surface area contributed by atoms with Crippen LogP contribution in [0.5, 0.6) is 0 Å². The third kappa shape index (κ3) is 11.1. The Bertz CT molecular complexity index is 5960. The van der Waals surface area contributed by atoms with Crippen molar-refractivity contribution < 1.29 is 15.4 Å². The van der Waals surface area contributed by atoms with Crippen molar-refractivity contribution in [3.63, 3.8) is 0 Å². The van der Waals surface area contributed by atoms with Crippen LogP contribution in [0.2, 0.25) is 0 Å². The SMILES string of the molecule is [2H]c1c([2H])c([2H])c2c(c1[2H])c1c([2H])c([2H])c([2H])c([2H])c1n2-c1cccc2c1oc1c(N3c4cc(-c5cc(C(C)(C)C)cc(C(C)(C)C)c5)ccc4C4c5cc(-c6cc(C(C)(C)C)cc(C(C)(C)C)c6)ccc5N(c5c(-c6ccccc6)cc(C(C)(C)C)cc5-c5ccccc5)c5cc(C(C)(C)C)cc3c54)cccc12. The van der Waals surface area contributed by atoms with Crippen LogP contribution in [0.3, 0.4) is 0 Å². The summed E-state index contributed by atoms with van der Waals surface area (Å²) in [7, 11) is 0. The molecular weight excluding hydrogens is 1220 g/mol. The van der Waals surface area contributed by atoms with Crippen molar-refractivity contribution in [1.82, 2.24) is 4.57 Å². The normalized spacial score (nSPS) is 15.4. The molecule has 0 saturated carbocycles. The van der Waals surface area contributed by atoms with Gasteiger partial charge in [0.05, 0.1) is 61.8 Å². The number of nitrogens with zero attached hydrogens (tertiary/aromatic N) is 3. The Morgan fingerprint density at radius 3 is 1.20 bits per heavy atom. The number of aromatic nitrogens is 1. The first-order chi connectivity index (χ1) is 51.2. The van der Waals surface area contributed by atoms with Crippen LogP contribution in [0.1, 0.15) is 192 Å². The van der Waals surface area contributed by atoms with Gasteiger partial charge in [-0.2, -0.15) is 0 Å². The highest BCUT2D eigenvalue weighted by molar-refractivity contribution is 6.16. The summed E-state index contributed by atoms with van der Waals surface area (Å²) in [4.78, 5) is 5.06. The standard InChI is InChI=1S/C97H95N3O/c1-92(2,3)65-47-63(48-66(53-65)93(4,5)6)61-44-46-81-78(51-61)87-75-45-43-62(64-49-67(94(7,8)9)54-68(50-64)95(10,11)12)52-84(75)99(83-42-30-38-74-73-37-29-41-82(90(73)101-91(74)83)98-79-39-27-25-35-71(79)72-36-26-28-40-80(72)98)85-57-70(97(16,17)18)58-86(88(85)87)100(81)89-76(59-31-21-19-22-32-59)55-69(96(13,14)15)56-77(89)60-33-23-20-24-34-60/h19-58,87H,1-18H3/i25D,26D,27D,28D,35D,36D,39D,40D. The average Bonchev–Trinajstić information content (AvgIpc) is 1.46. The van der Waals surface area contributed by atoms with Crippen LogP contribution in [0.4, 0.5) is 34.1 Å². The van der Waals surface area contributed by atoms with Crippen LogP contribution >= 0.6 is 0 Å². The largest absolute Gasteiger partial charge is 0.452 e. The van der Waals surface area contributed by atoms with E-state index in [1.807, 2.05) is 18.2 Å². The summed E-state index contributed by atoms with van der Waals surface area (Å²) < 4.78 is 83.2. The van der Waals surface area contributed by atoms with Gasteiger partial charge in [-0.15, -0.1) is 0 Å². The van der Waals surface area contributed by atoms with Crippen molar-refractivity contribution in [2.45, 2.75) is 163 Å². The van der Waals surface area contributed by atoms with Gasteiger partial charge in [0.15, 0.2) is 11.2 Å². The maximum absolute atomic E-state index is 9.61. The van der Waals surface area contributed by atoms with Gasteiger partial charge in [0.2, 0.25) is 0 Å². The first kappa shape index (κ1) is 56.6. The van der Waals surface area contributed by atoms with E-state index in [9.17, 15) is 5.48 Å². The molecule has 4 heteroatoms. The van der Waals surface area contributed by atoms with Gasteiger partial charge >= 0.3 is 0 Å². The Kier molecular flexibility index (Phi) is 13.0. The van der Waals surface area contributed by atoms with E-state index < -0.39 is 41.7 Å². The molecule has 504 valence electrons. The van der Waals surface area contributed by atoms with Crippen molar-refractivity contribution in [3.05, 3.63) is 293 Å². The summed E-state index contributed by atoms with van der Waals surface area (Å²) in [5, 5.41) is 1.47. The molecule has 0 aliphatic carbocycles. The molecule has 2 aliphatic rings. The lowest BCUT2D eigenvalue weighted by Crippen LogP contribution is -2.31. The fraction of sp³-hybridized carbons (Fsp3) is 0.258. The summed E-state index contributed by atoms with van der Waals surface area (Å²) in [5.41, 5.74) is 25.4. The van der Waals surface area contributed by atoms with Crippen molar-refractivity contribution >= 4 is 77.9 Å². The number of rotatable bonds is 7. The van der Waals surface area contributed by atoms with Crippen LogP contribution in [-0.4, -0.2) is 4.57 Å². The van der Waals surface area contributed by atoms with E-state index in [1.165, 1.54) is 27.8 Å². The lowest BCUT2D eigenvalue weighted by molar-refractivity contribution is 0.568. The topological polar surface area (TPSA) is 24.6 Å². The molecule has 1 unspecified atom stereocenters. The molecule has 4 nitrogen and oxygen atoms in total. The van der Waals surface area contributed by atoms with Crippen LogP contribution < -0.4 is 9.80 Å². The minimum Gasteiger partial charge on any atom is -0.452 e. The highest BCUT2D eigenvalue weighted by atomic mass is 16.3. The molecule has 0 bridgehead atoms. The molecule has 0 N–H and O–H groups in total. The van der Waals surface area contributed by atoms with Crippen LogP contribution in [0, 0.1) is 0 Å². The van der Waals surface area contributed by atoms with Crippen molar-refractivity contribution in [2.75, 3.05) is 9.80 Å². The molecule has 0 amide bonds. The summed E-state index contributed by atoms with van der Waals surface area (Å²) in [6.45, 7) is 41.4. The minimum atomic E-state index is -0.503. The number of fused-ring (bicyclic) bond motifs is 10. The summed E-state index contributed by atoms with van der Waals surface area (Å²) in [5.74, 6) is -0.352. The lowest BCUT2D eigenvalue weighted by atomic mass is 9.72. The molecule has 0 radical (unpaired) electrons. The number of para-hydroxylation sites is 4. The van der Waals surface area contributed by atoms with Gasteiger partial charge in [-0.25, -0.2) is 0 Å². The zero-order valence-corrected chi connectivity index (χ0v) is 61.8. The lowest BCUT2D eigenvalue weighted by Gasteiger charge is -2.47. The van der Waals surface area contributed by atoms with Crippen molar-refractivity contribution in [1.29, 1.82) is 0 Å². The molecule has 14 aromatic rings. The van der Waals surface area contributed by atoms with E-state index in [1.54, 1.807) is 4.57 Å². The van der Waals surface area contributed by atoms with Gasteiger partial charge in [0.25, 0.3) is 0 Å². The molecule has 0 spiro atoms. The molecule has 1 atom stereocenters. The molecule has 2 aliphatic heterocycles. The van der Waals surface area contributed by atoms with Gasteiger partial charge in [-0.3, -0.25) is 0 Å². The molecule has 4 heterocycles. The predicted octanol–water partition coefficient (Wildman–Crippen LogP) is 27.9. The molecule has 0 fully saturated rings. The first-order valence-corrected chi connectivity index (χ1v) is 35.8. The van der Waals surface area contributed by atoms with Gasteiger partial charge in [0.1, 0.15) is 0 Å². The summed E-state index contributed by atoms with van der Waals surface area (Å²) in [6, 6.07) is 68.8. The van der Waals surface area contributed by atoms with E-state index in [4.69, 9.17) is 9.90 Å². The number of anilines is 6. The monoisotopic (exact) mass is 1330 g/mol. The van der Waals surface area contributed by atoms with Gasteiger partial charge < -0.3 is 18.8 Å². The molecule has 16 rings (SSSR count). The Labute approximate surface area is 610 Å². The summed E-state index contributed by atoms with van der Waals surface area (Å²) >= 11 is 0. The van der Waals surface area contributed by atoms with E-state index >= 15 is 0 Å². The highest BCUT2D eigenvalue weighted by Crippen LogP contribution is 2.64. The molecule has 0 saturated heterocycles. The van der Waals surface area contributed by atoms with Crippen molar-refractivity contribution in [2.24, 2.45) is 0 Å². The smallest absolute Gasteiger partial charge is 0.159 e. The maximum Gasteiger partial charge on any atom is 0.159 e. The number of hydrogen-bond donors (Lipinski definition) is 0. The number of hydrogen-bond acceptors (Lipinski definition) is 3. The molecule has 12 aromatic carbocycles. The van der Waals surface area contributed by atoms with E-state index in [0.29, 0.717) is 22.2 Å². The average molecular weight is 1330 g/mol. The van der Waals surface area contributed by atoms with E-state index in [0.717, 1.165) is 106 Å². The third-order valence-corrected chi connectivity index (χ3v) is 21.3. The second kappa shape index (κ2) is 23.2. The number of furan rings is 1. The highest BCUT2D eigenvalue weighted by Gasteiger charge is 2.45. The van der Waals surface area contributed by atoms with E-state index in [2.05, 4.69) is 310 Å². The Balaban J connectivity index is 1.08. The van der Waals surface area contributed by atoms with Gasteiger partial charge in [0, 0.05) is 44.2 Å². The van der Waals surface area contributed by atoms with Gasteiger partial charge in [-0.1, -0.05) is 300 Å². The van der Waals surface area contributed by atoms with Crippen molar-refractivity contribution in [3.8, 4) is 50.2 Å². The first-order valence-electron chi connectivity index (χ1n) is 39.8. The van der Waals surface area contributed by atoms with Gasteiger partial charge in [-0.05, 0) is 177 Å². The van der Waals surface area contributed by atoms with Crippen LogP contribution in [0.15, 0.2) is 247 Å². The second-order valence-electron chi connectivity index (χ2n) is 34.5. The van der Waals surface area contributed by atoms with E-state index in [-0.39, 0.29) is 66.9 Å². The Morgan fingerprint density at radius 2 is 0.713 bits per heavy atom. The third-order valence-electron chi connectivity index (χ3n) is 21.3. The number of benzene rings is 12. The van der Waals surface area contributed by atoms with Crippen LogP contribution in [0.25, 0.3) is 93.9 Å². The quantitative estimate of drug-likeness (QED) is 0.159. The fourth-order valence-corrected chi connectivity index (χ4v) is 15.4. The maximum atomic E-state index is 9.61. The Morgan fingerprint density at radius 1 is 0.297 bits per heavy atom. The zero-order valence-electron chi connectivity index (χ0n) is 69.8. The zero-order chi connectivity index (χ0) is 77.7. The molecular formula is C97H95N3O. The fourth-order valence-electron chi connectivity index (χ4n) is 15.4. The Hall–Kier alpha value is -10.2. The minimum absolute atomic E-state index is 0.00371. The molecule has 2 aromatic heterocycles.